The Morgan fingerprint density at radius 2 is 2.08 bits per heavy atom. The van der Waals surface area contributed by atoms with Crippen LogP contribution in [0.5, 0.6) is 0 Å². The molecule has 25 heavy (non-hydrogen) atoms. The van der Waals surface area contributed by atoms with Gasteiger partial charge in [0.1, 0.15) is 12.2 Å². The fourth-order valence-corrected chi connectivity index (χ4v) is 3.13. The molecule has 1 aliphatic heterocycles. The van der Waals surface area contributed by atoms with E-state index in [1.165, 1.54) is 13.0 Å². The van der Waals surface area contributed by atoms with E-state index in [1.54, 1.807) is 6.08 Å². The molecule has 2 aliphatic rings. The standard InChI is InChI=1S/C19H26O6/c1-3-4-5-6-7-8-13-14(11-20)15(21)17-19(25-17,16(13)22)10-9-12(2)18(23)24/h7-9,15,17,20-21H,3-6,10-11H2,1-2H3,(H,23,24)/b8-7+,12-9+/t15-,17+,19-/m0/s1. The number of rotatable bonds is 9. The molecular weight excluding hydrogens is 324 g/mol. The second-order valence-electron chi connectivity index (χ2n) is 6.59. The van der Waals surface area contributed by atoms with Crippen molar-refractivity contribution in [2.75, 3.05) is 6.61 Å². The van der Waals surface area contributed by atoms with Gasteiger partial charge in [0.25, 0.3) is 0 Å². The van der Waals surface area contributed by atoms with E-state index < -0.39 is 30.4 Å². The first kappa shape index (κ1) is 19.6. The Morgan fingerprint density at radius 1 is 1.36 bits per heavy atom. The van der Waals surface area contributed by atoms with Gasteiger partial charge in [0.05, 0.1) is 6.61 Å². The molecule has 6 nitrogen and oxygen atoms in total. The molecule has 0 aromatic rings. The fraction of sp³-hybridized carbons (Fsp3) is 0.579. The van der Waals surface area contributed by atoms with E-state index in [0.717, 1.165) is 25.7 Å². The van der Waals surface area contributed by atoms with E-state index >= 15 is 0 Å². The Kier molecular flexibility index (Phi) is 6.32. The molecule has 0 spiro atoms. The molecule has 2 rings (SSSR count). The minimum absolute atomic E-state index is 0.0948. The molecule has 0 bridgehead atoms. The lowest BCUT2D eigenvalue weighted by atomic mass is 9.79. The molecular formula is C19H26O6. The van der Waals surface area contributed by atoms with Crippen LogP contribution in [0.25, 0.3) is 0 Å². The van der Waals surface area contributed by atoms with Crippen LogP contribution in [0.3, 0.4) is 0 Å². The zero-order valence-electron chi connectivity index (χ0n) is 14.7. The number of carboxylic acid groups (broad SMARTS) is 1. The minimum Gasteiger partial charge on any atom is -0.478 e. The minimum atomic E-state index is -1.21. The molecule has 3 N–H and O–H groups in total. The molecule has 0 amide bonds. The van der Waals surface area contributed by atoms with Crippen LogP contribution in [0, 0.1) is 0 Å². The first-order valence-electron chi connectivity index (χ1n) is 8.70. The number of carbonyl (C=O) groups is 2. The smallest absolute Gasteiger partial charge is 0.330 e. The molecule has 0 radical (unpaired) electrons. The van der Waals surface area contributed by atoms with E-state index in [0.29, 0.717) is 0 Å². The highest BCUT2D eigenvalue weighted by atomic mass is 16.6. The van der Waals surface area contributed by atoms with Crippen molar-refractivity contribution < 1.29 is 29.6 Å². The van der Waals surface area contributed by atoms with Crippen molar-refractivity contribution in [1.82, 2.24) is 0 Å². The van der Waals surface area contributed by atoms with Gasteiger partial charge < -0.3 is 20.1 Å². The number of allylic oxidation sites excluding steroid dienone is 2. The zero-order valence-corrected chi connectivity index (χ0v) is 14.7. The van der Waals surface area contributed by atoms with Gasteiger partial charge >= 0.3 is 5.97 Å². The van der Waals surface area contributed by atoms with Gasteiger partial charge in [-0.2, -0.15) is 0 Å². The lowest BCUT2D eigenvalue weighted by Gasteiger charge is -2.23. The number of ether oxygens (including phenoxy) is 1. The average Bonchev–Trinajstić information content (AvgIpc) is 3.33. The molecule has 1 heterocycles. The number of ketones is 1. The van der Waals surface area contributed by atoms with Gasteiger partial charge in [-0.1, -0.05) is 38.0 Å². The number of hydrogen-bond acceptors (Lipinski definition) is 5. The second kappa shape index (κ2) is 8.08. The van der Waals surface area contributed by atoms with Crippen LogP contribution in [0.1, 0.15) is 46.0 Å². The maximum Gasteiger partial charge on any atom is 0.330 e. The zero-order chi connectivity index (χ0) is 18.6. The summed E-state index contributed by atoms with van der Waals surface area (Å²) in [5.41, 5.74) is -0.535. The monoisotopic (exact) mass is 350 g/mol. The predicted molar refractivity (Wildman–Crippen MR) is 92.0 cm³/mol. The number of unbranched alkanes of at least 4 members (excludes halogenated alkanes) is 3. The number of epoxide rings is 1. The van der Waals surface area contributed by atoms with E-state index in [4.69, 9.17) is 9.84 Å². The first-order chi connectivity index (χ1) is 11.9. The molecule has 0 aromatic heterocycles. The van der Waals surface area contributed by atoms with Crippen molar-refractivity contribution in [2.45, 2.75) is 63.8 Å². The van der Waals surface area contributed by atoms with E-state index in [1.807, 2.05) is 6.08 Å². The average molecular weight is 350 g/mol. The summed E-state index contributed by atoms with van der Waals surface area (Å²) in [6, 6.07) is 0. The number of carboxylic acids is 1. The maximum atomic E-state index is 12.9. The highest BCUT2D eigenvalue weighted by Crippen LogP contribution is 2.50. The molecule has 6 heteroatoms. The highest BCUT2D eigenvalue weighted by Gasteiger charge is 2.67. The van der Waals surface area contributed by atoms with Gasteiger partial charge in [0.15, 0.2) is 11.4 Å². The van der Waals surface area contributed by atoms with E-state index in [2.05, 4.69) is 6.92 Å². The predicted octanol–water partition coefficient (Wildman–Crippen LogP) is 1.91. The quantitative estimate of drug-likeness (QED) is 0.333. The van der Waals surface area contributed by atoms with Crippen LogP contribution in [-0.2, 0) is 14.3 Å². The summed E-state index contributed by atoms with van der Waals surface area (Å²) in [6.07, 6.45) is 7.31. The molecule has 0 unspecified atom stereocenters. The maximum absolute atomic E-state index is 12.9. The first-order valence-corrected chi connectivity index (χ1v) is 8.70. The Bertz CT molecular complexity index is 630. The van der Waals surface area contributed by atoms with Crippen molar-refractivity contribution in [3.05, 3.63) is 34.9 Å². The number of aliphatic hydroxyl groups excluding tert-OH is 2. The second-order valence-corrected chi connectivity index (χ2v) is 6.59. The molecule has 138 valence electrons. The fourth-order valence-electron chi connectivity index (χ4n) is 3.13. The summed E-state index contributed by atoms with van der Waals surface area (Å²) < 4.78 is 5.50. The largest absolute Gasteiger partial charge is 0.478 e. The SMILES string of the molecule is CCCCC/C=C/C1=C(CO)[C@H](O)[C@H]2O[C@@]2(C/C=C(\C)C(=O)O)C1=O. The third-order valence-electron chi connectivity index (χ3n) is 4.84. The summed E-state index contributed by atoms with van der Waals surface area (Å²) in [4.78, 5) is 23.8. The number of Topliss-reactive ketones (excluding diaryl/α,β-unsaturated/α-hetero) is 1. The van der Waals surface area contributed by atoms with Gasteiger partial charge in [-0.3, -0.25) is 4.79 Å². The van der Waals surface area contributed by atoms with Crippen molar-refractivity contribution >= 4 is 11.8 Å². The van der Waals surface area contributed by atoms with Gasteiger partial charge in [-0.15, -0.1) is 0 Å². The molecule has 0 aromatic carbocycles. The Balaban J connectivity index is 2.21. The topological polar surface area (TPSA) is 107 Å². The summed E-state index contributed by atoms with van der Waals surface area (Å²) in [5.74, 6) is -1.35. The van der Waals surface area contributed by atoms with E-state index in [-0.39, 0.29) is 28.9 Å². The third kappa shape index (κ3) is 3.92. The molecule has 1 aliphatic carbocycles. The van der Waals surface area contributed by atoms with Crippen molar-refractivity contribution in [2.24, 2.45) is 0 Å². The van der Waals surface area contributed by atoms with Crippen LogP contribution >= 0.6 is 0 Å². The van der Waals surface area contributed by atoms with Crippen LogP contribution in [0.2, 0.25) is 0 Å². The lowest BCUT2D eigenvalue weighted by molar-refractivity contribution is -0.132. The van der Waals surface area contributed by atoms with E-state index in [9.17, 15) is 19.8 Å². The number of fused-ring (bicyclic) bond motifs is 1. The number of aliphatic hydroxyl groups is 2. The molecule has 0 saturated carbocycles. The van der Waals surface area contributed by atoms with Crippen LogP contribution in [0.15, 0.2) is 34.9 Å². The number of aliphatic carboxylic acids is 1. The van der Waals surface area contributed by atoms with Gasteiger partial charge in [0, 0.05) is 17.6 Å². The highest BCUT2D eigenvalue weighted by molar-refractivity contribution is 6.08. The Labute approximate surface area is 147 Å². The third-order valence-corrected chi connectivity index (χ3v) is 4.84. The van der Waals surface area contributed by atoms with Crippen molar-refractivity contribution in [3.63, 3.8) is 0 Å². The number of carbonyl (C=O) groups excluding carboxylic acids is 1. The normalized spacial score (nSPS) is 29.3. The number of hydrogen-bond donors (Lipinski definition) is 3. The summed E-state index contributed by atoms with van der Waals surface area (Å²) in [7, 11) is 0. The van der Waals surface area contributed by atoms with Crippen LogP contribution < -0.4 is 0 Å². The Morgan fingerprint density at radius 3 is 2.68 bits per heavy atom. The van der Waals surface area contributed by atoms with Crippen molar-refractivity contribution in [1.29, 1.82) is 0 Å². The van der Waals surface area contributed by atoms with Crippen LogP contribution in [-0.4, -0.2) is 51.5 Å². The Hall–Kier alpha value is -1.76. The van der Waals surface area contributed by atoms with Crippen LogP contribution in [0.4, 0.5) is 0 Å². The molecule has 3 atom stereocenters. The summed E-state index contributed by atoms with van der Waals surface area (Å²) in [5, 5.41) is 28.9. The van der Waals surface area contributed by atoms with Gasteiger partial charge in [0.2, 0.25) is 0 Å². The molecule has 1 saturated heterocycles. The van der Waals surface area contributed by atoms with Crippen molar-refractivity contribution in [3.8, 4) is 0 Å². The van der Waals surface area contributed by atoms with Gasteiger partial charge in [-0.25, -0.2) is 4.79 Å². The summed E-state index contributed by atoms with van der Waals surface area (Å²) in [6.45, 7) is 3.14. The summed E-state index contributed by atoms with van der Waals surface area (Å²) >= 11 is 0. The lowest BCUT2D eigenvalue weighted by Crippen LogP contribution is -2.40. The van der Waals surface area contributed by atoms with Gasteiger partial charge in [-0.05, 0) is 25.3 Å². The molecule has 1 fully saturated rings.